The Bertz CT molecular complexity index is 373. The van der Waals surface area contributed by atoms with E-state index < -0.39 is 0 Å². The van der Waals surface area contributed by atoms with Gasteiger partial charge in [0, 0.05) is 16.1 Å². The van der Waals surface area contributed by atoms with Gasteiger partial charge < -0.3 is 5.32 Å². The van der Waals surface area contributed by atoms with Crippen molar-refractivity contribution in [1.29, 1.82) is 0 Å². The van der Waals surface area contributed by atoms with Crippen LogP contribution in [0, 0.1) is 0 Å². The molecule has 3 heteroatoms. The van der Waals surface area contributed by atoms with E-state index in [1.54, 1.807) is 0 Å². The Morgan fingerprint density at radius 2 is 1.62 bits per heavy atom. The summed E-state index contributed by atoms with van der Waals surface area (Å²) >= 11 is 12.6. The summed E-state index contributed by atoms with van der Waals surface area (Å²) in [6.07, 6.45) is 9.89. The van der Waals surface area contributed by atoms with E-state index in [2.05, 4.69) is 19.2 Å². The van der Waals surface area contributed by atoms with Crippen molar-refractivity contribution in [3.8, 4) is 0 Å². The Balaban J connectivity index is 2.52. The standard InChI is InChI=1S/C18H29Cl2N/c1-3-5-6-7-8-10-15(21-13-4-2)14-16-17(19)11-9-12-18(16)20/h9,11-12,15,21H,3-8,10,13-14H2,1-2H3. The third-order valence-electron chi connectivity index (χ3n) is 3.85. The summed E-state index contributed by atoms with van der Waals surface area (Å²) in [5.74, 6) is 0. The van der Waals surface area contributed by atoms with Gasteiger partial charge in [0.1, 0.15) is 0 Å². The lowest BCUT2D eigenvalue weighted by atomic mass is 9.99. The molecular formula is C18H29Cl2N. The molecule has 0 saturated carbocycles. The number of nitrogens with one attached hydrogen (secondary N) is 1. The maximum atomic E-state index is 6.30. The van der Waals surface area contributed by atoms with Crippen molar-refractivity contribution in [3.63, 3.8) is 0 Å². The average Bonchev–Trinajstić information content (AvgIpc) is 2.47. The molecule has 0 amide bonds. The maximum absolute atomic E-state index is 6.30. The Kier molecular flexibility index (Phi) is 10.2. The zero-order chi connectivity index (χ0) is 15.5. The summed E-state index contributed by atoms with van der Waals surface area (Å²) < 4.78 is 0. The highest BCUT2D eigenvalue weighted by Crippen LogP contribution is 2.26. The first-order valence-electron chi connectivity index (χ1n) is 8.35. The van der Waals surface area contributed by atoms with Gasteiger partial charge in [-0.1, -0.05) is 75.2 Å². The van der Waals surface area contributed by atoms with E-state index in [4.69, 9.17) is 23.2 Å². The number of unbranched alkanes of at least 4 members (excludes halogenated alkanes) is 4. The molecule has 1 aromatic carbocycles. The molecule has 0 bridgehead atoms. The minimum Gasteiger partial charge on any atom is -0.314 e. The van der Waals surface area contributed by atoms with Gasteiger partial charge in [-0.2, -0.15) is 0 Å². The van der Waals surface area contributed by atoms with E-state index in [1.165, 1.54) is 38.5 Å². The van der Waals surface area contributed by atoms with Crippen molar-refractivity contribution in [1.82, 2.24) is 5.32 Å². The predicted molar refractivity (Wildman–Crippen MR) is 95.6 cm³/mol. The molecule has 0 saturated heterocycles. The van der Waals surface area contributed by atoms with Gasteiger partial charge in [-0.25, -0.2) is 0 Å². The third kappa shape index (κ3) is 7.54. The van der Waals surface area contributed by atoms with Crippen LogP contribution in [0.4, 0.5) is 0 Å². The molecule has 1 atom stereocenters. The van der Waals surface area contributed by atoms with Gasteiger partial charge in [0.2, 0.25) is 0 Å². The van der Waals surface area contributed by atoms with Gasteiger partial charge >= 0.3 is 0 Å². The van der Waals surface area contributed by atoms with Crippen LogP contribution in [0.3, 0.4) is 0 Å². The maximum Gasteiger partial charge on any atom is 0.0453 e. The van der Waals surface area contributed by atoms with E-state index in [1.807, 2.05) is 18.2 Å². The normalized spacial score (nSPS) is 12.6. The average molecular weight is 330 g/mol. The molecule has 1 nitrogen and oxygen atoms in total. The molecule has 1 N–H and O–H groups in total. The molecule has 1 unspecified atom stereocenters. The number of rotatable bonds is 11. The predicted octanol–water partition coefficient (Wildman–Crippen LogP) is 6.26. The monoisotopic (exact) mass is 329 g/mol. The summed E-state index contributed by atoms with van der Waals surface area (Å²) in [7, 11) is 0. The largest absolute Gasteiger partial charge is 0.314 e. The van der Waals surface area contributed by atoms with Gasteiger partial charge in [0.05, 0.1) is 0 Å². The van der Waals surface area contributed by atoms with Crippen LogP contribution in [0.1, 0.15) is 64.4 Å². The van der Waals surface area contributed by atoms with Crippen LogP contribution >= 0.6 is 23.2 Å². The fourth-order valence-corrected chi connectivity index (χ4v) is 3.14. The van der Waals surface area contributed by atoms with Gasteiger partial charge in [-0.05, 0) is 43.5 Å². The Morgan fingerprint density at radius 3 is 2.24 bits per heavy atom. The Morgan fingerprint density at radius 1 is 0.952 bits per heavy atom. The molecule has 0 spiro atoms. The van der Waals surface area contributed by atoms with Crippen molar-refractivity contribution in [2.75, 3.05) is 6.54 Å². The number of halogens is 2. The van der Waals surface area contributed by atoms with E-state index in [0.717, 1.165) is 35.0 Å². The van der Waals surface area contributed by atoms with E-state index in [-0.39, 0.29) is 0 Å². The van der Waals surface area contributed by atoms with Crippen LogP contribution < -0.4 is 5.32 Å². The van der Waals surface area contributed by atoms with E-state index in [9.17, 15) is 0 Å². The molecule has 1 rings (SSSR count). The molecule has 0 aliphatic carbocycles. The first-order valence-corrected chi connectivity index (χ1v) is 9.10. The first-order chi connectivity index (χ1) is 10.2. The van der Waals surface area contributed by atoms with Gasteiger partial charge in [-0.15, -0.1) is 0 Å². The lowest BCUT2D eigenvalue weighted by Gasteiger charge is -2.20. The summed E-state index contributed by atoms with van der Waals surface area (Å²) in [6, 6.07) is 6.25. The fraction of sp³-hybridized carbons (Fsp3) is 0.667. The topological polar surface area (TPSA) is 12.0 Å². The number of benzene rings is 1. The van der Waals surface area contributed by atoms with Gasteiger partial charge in [0.25, 0.3) is 0 Å². The molecule has 21 heavy (non-hydrogen) atoms. The second-order valence-corrected chi connectivity index (χ2v) is 6.57. The Hall–Kier alpha value is -0.240. The van der Waals surface area contributed by atoms with Crippen molar-refractivity contribution < 1.29 is 0 Å². The lowest BCUT2D eigenvalue weighted by Crippen LogP contribution is -2.32. The minimum atomic E-state index is 0.476. The molecule has 0 heterocycles. The van der Waals surface area contributed by atoms with Crippen LogP contribution in [0.25, 0.3) is 0 Å². The van der Waals surface area contributed by atoms with Crippen molar-refractivity contribution in [3.05, 3.63) is 33.8 Å². The zero-order valence-corrected chi connectivity index (χ0v) is 14.9. The molecule has 0 radical (unpaired) electrons. The molecule has 0 aliphatic heterocycles. The van der Waals surface area contributed by atoms with Gasteiger partial charge in [-0.3, -0.25) is 0 Å². The number of hydrogen-bond acceptors (Lipinski definition) is 1. The van der Waals surface area contributed by atoms with E-state index in [0.29, 0.717) is 6.04 Å². The summed E-state index contributed by atoms with van der Waals surface area (Å²) in [4.78, 5) is 0. The van der Waals surface area contributed by atoms with Crippen LogP contribution in [0.5, 0.6) is 0 Å². The zero-order valence-electron chi connectivity index (χ0n) is 13.4. The molecule has 1 aromatic rings. The van der Waals surface area contributed by atoms with Crippen LogP contribution in [-0.2, 0) is 6.42 Å². The molecule has 120 valence electrons. The highest BCUT2D eigenvalue weighted by Gasteiger charge is 2.13. The summed E-state index contributed by atoms with van der Waals surface area (Å²) in [6.45, 7) is 5.51. The second-order valence-electron chi connectivity index (χ2n) is 5.76. The molecule has 0 aromatic heterocycles. The second kappa shape index (κ2) is 11.3. The van der Waals surface area contributed by atoms with Crippen LogP contribution in [0.2, 0.25) is 10.0 Å². The third-order valence-corrected chi connectivity index (χ3v) is 4.56. The highest BCUT2D eigenvalue weighted by atomic mass is 35.5. The highest BCUT2D eigenvalue weighted by molar-refractivity contribution is 6.35. The van der Waals surface area contributed by atoms with Crippen LogP contribution in [0.15, 0.2) is 18.2 Å². The summed E-state index contributed by atoms with van der Waals surface area (Å²) in [5, 5.41) is 5.22. The van der Waals surface area contributed by atoms with E-state index >= 15 is 0 Å². The lowest BCUT2D eigenvalue weighted by molar-refractivity contribution is 0.451. The van der Waals surface area contributed by atoms with Crippen molar-refractivity contribution >= 4 is 23.2 Å². The quantitative estimate of drug-likeness (QED) is 0.472. The number of hydrogen-bond donors (Lipinski definition) is 1. The smallest absolute Gasteiger partial charge is 0.0453 e. The Labute approximate surface area is 140 Å². The first kappa shape index (κ1) is 18.8. The van der Waals surface area contributed by atoms with Gasteiger partial charge in [0.15, 0.2) is 0 Å². The summed E-state index contributed by atoms with van der Waals surface area (Å²) in [5.41, 5.74) is 1.09. The minimum absolute atomic E-state index is 0.476. The van der Waals surface area contributed by atoms with Crippen molar-refractivity contribution in [2.45, 2.75) is 71.3 Å². The SMILES string of the molecule is CCCCCCCC(Cc1c(Cl)cccc1Cl)NCCC. The molecule has 0 fully saturated rings. The molecular weight excluding hydrogens is 301 g/mol. The van der Waals surface area contributed by atoms with Crippen molar-refractivity contribution in [2.24, 2.45) is 0 Å². The van der Waals surface area contributed by atoms with Crippen LogP contribution in [-0.4, -0.2) is 12.6 Å². The molecule has 0 aliphatic rings. The fourth-order valence-electron chi connectivity index (χ4n) is 2.59.